The average Bonchev–Trinajstić information content (AvgIpc) is 0.783. The number of aliphatic hydroxyl groups excluding tert-OH is 1. The SMILES string of the molecule is CS(=O)(=O)CC1Cc2ncc(Cl)cc2N2CCOCC12.CS(=O)(=O)OCC1Cc2ncc(Cl)cc2N2CCOCC12.CSCC1Cc2ncc(Cl)cc2N2CCOCC12.C[S-].Cc1ccc(NC(=O)c2ccnc(C(F)(F)F)c2)cc1-c1cnc2c(c1)N1CCOCC1C(CS(C)(=O)=O)C2.OCC1Cc2ncc(Cl)cc2N2CCOCC12.[Na+]. The molecule has 10 atom stereocenters. The van der Waals surface area contributed by atoms with Gasteiger partial charge in [0.05, 0.1) is 198 Å². The van der Waals surface area contributed by atoms with Crippen LogP contribution in [0.2, 0.25) is 20.1 Å². The molecular weight excluding hydrogens is 1720 g/mol. The largest absolute Gasteiger partial charge is 1.00 e. The van der Waals surface area contributed by atoms with E-state index in [9.17, 15) is 48.3 Å². The molecule has 0 aliphatic carbocycles. The molecule has 0 spiro atoms. The second kappa shape index (κ2) is 41.5. The number of anilines is 6. The first-order valence-corrected chi connectivity index (χ1v) is 48.0. The van der Waals surface area contributed by atoms with Crippen molar-refractivity contribution in [3.63, 3.8) is 0 Å². The smallest absolute Gasteiger partial charge is 0.796 e. The van der Waals surface area contributed by atoms with E-state index in [1.807, 2.05) is 49.0 Å². The van der Waals surface area contributed by atoms with Crippen LogP contribution in [0.5, 0.6) is 0 Å². The number of fused-ring (bicyclic) bond motifs is 15. The molecule has 10 aliphatic rings. The van der Waals surface area contributed by atoms with Gasteiger partial charge in [0.1, 0.15) is 25.4 Å². The number of aromatic nitrogens is 6. The molecular formula is C79H96Cl4F3N12NaO14S5. The molecule has 26 nitrogen and oxygen atoms in total. The summed E-state index contributed by atoms with van der Waals surface area (Å²) in [7, 11) is -9.65. The van der Waals surface area contributed by atoms with E-state index in [1.54, 1.807) is 49.4 Å². The van der Waals surface area contributed by atoms with Gasteiger partial charge >= 0.3 is 35.7 Å². The van der Waals surface area contributed by atoms with E-state index in [0.29, 0.717) is 111 Å². The Labute approximate surface area is 739 Å². The Morgan fingerprint density at radius 1 is 0.534 bits per heavy atom. The maximum Gasteiger partial charge on any atom is 1.00 e. The van der Waals surface area contributed by atoms with Crippen LogP contribution in [0.1, 0.15) is 50.1 Å². The summed E-state index contributed by atoms with van der Waals surface area (Å²) >= 11 is 30.2. The molecule has 17 rings (SSSR count). The van der Waals surface area contributed by atoms with E-state index in [0.717, 1.165) is 144 Å². The Kier molecular flexibility index (Phi) is 32.9. The van der Waals surface area contributed by atoms with Gasteiger partial charge in [-0.25, -0.2) is 16.8 Å². The Bertz CT molecular complexity index is 5020. The van der Waals surface area contributed by atoms with Crippen LogP contribution < -0.4 is 59.4 Å². The summed E-state index contributed by atoms with van der Waals surface area (Å²) in [6.45, 7) is 12.5. The number of carbonyl (C=O) groups is 1. The summed E-state index contributed by atoms with van der Waals surface area (Å²) in [5.41, 5.74) is 11.9. The molecule has 7 aromatic rings. The Hall–Kier alpha value is -5.19. The van der Waals surface area contributed by atoms with E-state index in [-0.39, 0.29) is 108 Å². The second-order valence-corrected chi connectivity index (χ2v) is 39.1. The van der Waals surface area contributed by atoms with Gasteiger partial charge in [-0.05, 0) is 123 Å². The van der Waals surface area contributed by atoms with E-state index in [4.69, 9.17) is 79.3 Å². The fraction of sp³-hybridized carbons (Fsp3) is 0.532. The van der Waals surface area contributed by atoms with E-state index >= 15 is 0 Å². The molecule has 5 fully saturated rings. The normalized spacial score (nSPS) is 23.4. The number of amides is 1. The number of nitrogens with one attached hydrogen (secondary N) is 1. The molecule has 1 amide bonds. The maximum atomic E-state index is 13.0. The average molecular weight is 1820 g/mol. The van der Waals surface area contributed by atoms with Gasteiger partial charge in [-0.2, -0.15) is 39.6 Å². The number of hydrogen-bond donors (Lipinski definition) is 2. The first-order chi connectivity index (χ1) is 55.8. The molecule has 0 bridgehead atoms. The summed E-state index contributed by atoms with van der Waals surface area (Å²) < 4.78 is 142. The molecule has 16 heterocycles. The van der Waals surface area contributed by atoms with Crippen molar-refractivity contribution in [3.8, 4) is 11.1 Å². The Morgan fingerprint density at radius 3 is 1.29 bits per heavy atom. The van der Waals surface area contributed by atoms with Crippen LogP contribution in [-0.2, 0) is 109 Å². The van der Waals surface area contributed by atoms with Crippen molar-refractivity contribution in [1.82, 2.24) is 29.9 Å². The van der Waals surface area contributed by atoms with Gasteiger partial charge in [0.25, 0.3) is 16.0 Å². The van der Waals surface area contributed by atoms with Crippen LogP contribution in [0, 0.1) is 36.5 Å². The fourth-order valence-corrected chi connectivity index (χ4v) is 21.0. The number of thioether (sulfide) groups is 1. The van der Waals surface area contributed by atoms with Crippen molar-refractivity contribution in [2.75, 3.05) is 190 Å². The number of aryl methyl sites for hydroxylation is 1. The third-order valence-electron chi connectivity index (χ3n) is 22.2. The number of sulfone groups is 2. The number of carbonyl (C=O) groups excluding carboxylic acids is 1. The summed E-state index contributed by atoms with van der Waals surface area (Å²) in [5, 5.41) is 14.7. The molecule has 2 N–H and O–H groups in total. The molecule has 39 heteroatoms. The zero-order chi connectivity index (χ0) is 83.7. The predicted molar refractivity (Wildman–Crippen MR) is 453 cm³/mol. The summed E-state index contributed by atoms with van der Waals surface area (Å²) in [6, 6.07) is 17.9. The van der Waals surface area contributed by atoms with Crippen molar-refractivity contribution in [1.29, 1.82) is 0 Å². The number of alkyl halides is 3. The fourth-order valence-electron chi connectivity index (χ4n) is 17.0. The monoisotopic (exact) mass is 1820 g/mol. The molecule has 1 aromatic carbocycles. The Balaban J connectivity index is 0.000000150. The number of nitrogens with zero attached hydrogens (tertiary/aromatic N) is 11. The number of morpholine rings is 5. The van der Waals surface area contributed by atoms with E-state index in [2.05, 4.69) is 79.7 Å². The quantitative estimate of drug-likeness (QED) is 0.0658. The number of pyridine rings is 6. The Morgan fingerprint density at radius 2 is 0.898 bits per heavy atom. The number of ether oxygens (including phenoxy) is 5. The van der Waals surface area contributed by atoms with Crippen LogP contribution in [0.3, 0.4) is 0 Å². The van der Waals surface area contributed by atoms with Gasteiger partial charge in [0, 0.05) is 130 Å². The molecule has 10 unspecified atom stereocenters. The molecule has 0 radical (unpaired) electrons. The van der Waals surface area contributed by atoms with Crippen LogP contribution in [0.15, 0.2) is 97.8 Å². The van der Waals surface area contributed by atoms with Gasteiger partial charge in [-0.1, -0.05) is 52.5 Å². The van der Waals surface area contributed by atoms with Crippen LogP contribution in [0.25, 0.3) is 11.1 Å². The van der Waals surface area contributed by atoms with E-state index < -0.39 is 47.6 Å². The first-order valence-electron chi connectivity index (χ1n) is 38.3. The minimum absolute atomic E-state index is 0. The van der Waals surface area contributed by atoms with Crippen LogP contribution in [-0.4, -0.2) is 257 Å². The standard InChI is InChI=1S/C27H27F3N4O4S.C13H17ClN2O4S.C13H17ClN2O3S.C13H17ClN2OS.C12H15ClN2O2.CH4S.Na/c1-16-3-4-20(33-26(35)17-5-6-31-25(11-17)27(28,29)30)12-21(16)18-10-23-22(32-13-18)9-19(15-39(2,36)37)24-14-38-8-7-34(23)24;1-21(17,18)20-7-9-4-11-12(5-10(14)6-15-11)16-2-3-19-8-13(9)16;1-20(17,18)8-9-4-11-12(5-10(14)6-15-11)16-2-3-19-7-13(9)16;1-18-8-9-4-11-12(5-10(14)6-15-11)16-2-3-17-7-13(9)16;13-9-4-11-10(14-5-9)3-8(6-16)12-7-17-2-1-15(11)12;1-2;/h3-6,10-13,19,24H,7-9,14-15H2,1-2H3,(H,33,35);5-6,9,13H,2-4,7-8H2,1H3;5-6,9,13H,2-4,7-8H2,1H3;5-6,9,13H,2-4,7-8H2,1H3;4-5,8,12,16H,1-3,6-7H2;2H,1H3;/q;;;;;;+1/p-1. The summed E-state index contributed by atoms with van der Waals surface area (Å²) in [4.78, 5) is 49.7. The third-order valence-corrected chi connectivity index (χ3v) is 26.5. The number of benzene rings is 1. The van der Waals surface area contributed by atoms with Gasteiger partial charge < -0.3 is 71.2 Å². The van der Waals surface area contributed by atoms with Gasteiger partial charge in [0.2, 0.25) is 0 Å². The number of hydrogen-bond acceptors (Lipinski definition) is 27. The molecule has 118 heavy (non-hydrogen) atoms. The number of aliphatic hydroxyl groups is 1. The minimum Gasteiger partial charge on any atom is -0.796 e. The number of rotatable bonds is 13. The number of halogens is 7. The topological polar surface area (TPSA) is 301 Å². The molecule has 0 saturated carbocycles. The zero-order valence-electron chi connectivity index (χ0n) is 66.5. The van der Waals surface area contributed by atoms with Crippen molar-refractivity contribution in [3.05, 3.63) is 163 Å². The van der Waals surface area contributed by atoms with Gasteiger partial charge in [-0.3, -0.25) is 38.9 Å². The third kappa shape index (κ3) is 23.8. The predicted octanol–water partition coefficient (Wildman–Crippen LogP) is 7.14. The second-order valence-electron chi connectivity index (χ2n) is 30.4. The van der Waals surface area contributed by atoms with E-state index in [1.165, 1.54) is 30.0 Å². The minimum atomic E-state index is -4.66. The van der Waals surface area contributed by atoms with Crippen molar-refractivity contribution < 1.29 is 106 Å². The molecule has 636 valence electrons. The van der Waals surface area contributed by atoms with Gasteiger partial charge in [0.15, 0.2) is 0 Å². The van der Waals surface area contributed by atoms with Crippen molar-refractivity contribution >= 4 is 141 Å². The zero-order valence-corrected chi connectivity index (χ0v) is 75.7. The first kappa shape index (κ1) is 93.5. The van der Waals surface area contributed by atoms with Crippen molar-refractivity contribution in [2.24, 2.45) is 29.6 Å². The molecule has 6 aromatic heterocycles. The summed E-state index contributed by atoms with van der Waals surface area (Å²) in [5.74, 6) is 1.45. The molecule has 5 saturated heterocycles. The maximum absolute atomic E-state index is 13.0. The van der Waals surface area contributed by atoms with Gasteiger partial charge in [-0.15, -0.1) is 0 Å². The van der Waals surface area contributed by atoms with Crippen LogP contribution in [0.4, 0.5) is 47.3 Å². The van der Waals surface area contributed by atoms with Crippen molar-refractivity contribution in [2.45, 2.75) is 75.4 Å². The van der Waals surface area contributed by atoms with Crippen LogP contribution >= 0.6 is 58.2 Å². The molecule has 10 aliphatic heterocycles. The summed E-state index contributed by atoms with van der Waals surface area (Å²) in [6.07, 6.45) is 15.7.